The third-order valence-electron chi connectivity index (χ3n) is 6.52. The van der Waals surface area contributed by atoms with Crippen molar-refractivity contribution in [2.24, 2.45) is 17.8 Å². The highest BCUT2D eigenvalue weighted by Crippen LogP contribution is 2.54. The minimum Gasteiger partial charge on any atom is -0.303 e. The van der Waals surface area contributed by atoms with Gasteiger partial charge < -0.3 is 4.90 Å². The second-order valence-electron chi connectivity index (χ2n) is 7.58. The van der Waals surface area contributed by atoms with Gasteiger partial charge in [0.15, 0.2) is 0 Å². The molecule has 2 fully saturated rings. The van der Waals surface area contributed by atoms with Crippen LogP contribution in [0.3, 0.4) is 0 Å². The summed E-state index contributed by atoms with van der Waals surface area (Å²) in [6.07, 6.45) is 2.69. The Morgan fingerprint density at radius 3 is 2.65 bits per heavy atom. The molecule has 0 N–H and O–H groups in total. The fraction of sp³-hybridized carbons (Fsp3) is 0.684. The number of aryl methyl sites for hydroxylation is 1. The molecule has 0 radical (unpaired) electrons. The number of hydrogen-bond donors (Lipinski definition) is 0. The number of likely N-dealkylation sites (tertiary alicyclic amines) is 1. The van der Waals surface area contributed by atoms with E-state index < -0.39 is 0 Å². The summed E-state index contributed by atoms with van der Waals surface area (Å²) in [5, 5.41) is 0. The van der Waals surface area contributed by atoms with E-state index in [0.29, 0.717) is 5.41 Å². The van der Waals surface area contributed by atoms with Crippen molar-refractivity contribution in [3.63, 3.8) is 0 Å². The van der Waals surface area contributed by atoms with Gasteiger partial charge >= 0.3 is 0 Å². The van der Waals surface area contributed by atoms with E-state index in [1.165, 1.54) is 24.9 Å². The normalized spacial score (nSPS) is 41.6. The van der Waals surface area contributed by atoms with E-state index in [1.54, 1.807) is 5.56 Å². The molecule has 1 aromatic carbocycles. The van der Waals surface area contributed by atoms with E-state index in [4.69, 9.17) is 0 Å². The topological polar surface area (TPSA) is 3.24 Å². The maximum atomic E-state index is 2.62. The maximum Gasteiger partial charge on any atom is 0.0154 e. The van der Waals surface area contributed by atoms with Crippen LogP contribution in [0.4, 0.5) is 0 Å². The Labute approximate surface area is 124 Å². The summed E-state index contributed by atoms with van der Waals surface area (Å²) in [7, 11) is 2.33. The van der Waals surface area contributed by atoms with Crippen molar-refractivity contribution < 1.29 is 0 Å². The van der Waals surface area contributed by atoms with Crippen LogP contribution in [0.1, 0.15) is 44.7 Å². The quantitative estimate of drug-likeness (QED) is 0.738. The Kier molecular flexibility index (Phi) is 3.44. The summed E-state index contributed by atoms with van der Waals surface area (Å²) in [6.45, 7) is 10.9. The Bertz CT molecular complexity index is 494. The molecule has 3 rings (SSSR count). The molecule has 1 aliphatic heterocycles. The third kappa shape index (κ3) is 1.94. The standard InChI is InChI=1S/C19H29N/c1-13-7-6-8-17(11-13)19-9-10-20(5)18(16(19)4)15(3)14(2)12-19/h6-8,11,14-16,18H,9-10,12H2,1-5H3/t14?,15?,16-,18+,19+/m0/s1. The smallest absolute Gasteiger partial charge is 0.0154 e. The molecule has 2 bridgehead atoms. The van der Waals surface area contributed by atoms with Gasteiger partial charge in [-0.25, -0.2) is 0 Å². The van der Waals surface area contributed by atoms with Gasteiger partial charge in [0.1, 0.15) is 0 Å². The minimum atomic E-state index is 0.412. The van der Waals surface area contributed by atoms with Crippen LogP contribution in [-0.2, 0) is 5.41 Å². The average molecular weight is 271 g/mol. The summed E-state index contributed by atoms with van der Waals surface area (Å²) in [5.41, 5.74) is 3.42. The summed E-state index contributed by atoms with van der Waals surface area (Å²) < 4.78 is 0. The van der Waals surface area contributed by atoms with Crippen molar-refractivity contribution in [2.45, 2.75) is 52.0 Å². The van der Waals surface area contributed by atoms with Gasteiger partial charge in [0.2, 0.25) is 0 Å². The Morgan fingerprint density at radius 2 is 1.95 bits per heavy atom. The molecule has 2 unspecified atom stereocenters. The highest BCUT2D eigenvalue weighted by molar-refractivity contribution is 5.33. The van der Waals surface area contributed by atoms with E-state index >= 15 is 0 Å². The van der Waals surface area contributed by atoms with Crippen LogP contribution in [0.2, 0.25) is 0 Å². The highest BCUT2D eigenvalue weighted by Gasteiger charge is 2.53. The van der Waals surface area contributed by atoms with Crippen molar-refractivity contribution in [3.05, 3.63) is 35.4 Å². The molecule has 1 aromatic rings. The monoisotopic (exact) mass is 271 g/mol. The maximum absolute atomic E-state index is 2.62. The summed E-state index contributed by atoms with van der Waals surface area (Å²) >= 11 is 0. The molecule has 1 saturated heterocycles. The molecule has 1 heteroatoms. The molecule has 1 nitrogen and oxygen atoms in total. The number of nitrogens with zero attached hydrogens (tertiary/aromatic N) is 1. The lowest BCUT2D eigenvalue weighted by Crippen LogP contribution is -2.61. The van der Waals surface area contributed by atoms with E-state index in [2.05, 4.69) is 63.9 Å². The molecule has 0 spiro atoms. The van der Waals surface area contributed by atoms with Crippen molar-refractivity contribution >= 4 is 0 Å². The van der Waals surface area contributed by atoms with Gasteiger partial charge in [-0.2, -0.15) is 0 Å². The molecule has 110 valence electrons. The number of benzene rings is 1. The Balaban J connectivity index is 2.07. The lowest BCUT2D eigenvalue weighted by molar-refractivity contribution is -0.0458. The van der Waals surface area contributed by atoms with Crippen LogP contribution in [-0.4, -0.2) is 24.5 Å². The minimum absolute atomic E-state index is 0.412. The first kappa shape index (κ1) is 14.1. The van der Waals surface area contributed by atoms with Crippen LogP contribution in [0.25, 0.3) is 0 Å². The van der Waals surface area contributed by atoms with Crippen molar-refractivity contribution in [3.8, 4) is 0 Å². The molecule has 0 amide bonds. The zero-order valence-electron chi connectivity index (χ0n) is 13.7. The van der Waals surface area contributed by atoms with Gasteiger partial charge in [0.25, 0.3) is 0 Å². The van der Waals surface area contributed by atoms with Gasteiger partial charge in [0.05, 0.1) is 0 Å². The molecule has 20 heavy (non-hydrogen) atoms. The van der Waals surface area contributed by atoms with Gasteiger partial charge in [-0.1, -0.05) is 50.6 Å². The van der Waals surface area contributed by atoms with Gasteiger partial charge in [-0.3, -0.25) is 0 Å². The zero-order chi connectivity index (χ0) is 14.5. The van der Waals surface area contributed by atoms with E-state index in [9.17, 15) is 0 Å². The van der Waals surface area contributed by atoms with Crippen LogP contribution in [0.15, 0.2) is 24.3 Å². The van der Waals surface area contributed by atoms with Gasteiger partial charge in [-0.05, 0) is 56.7 Å². The highest BCUT2D eigenvalue weighted by atomic mass is 15.2. The van der Waals surface area contributed by atoms with E-state index in [0.717, 1.165) is 23.8 Å². The number of hydrogen-bond acceptors (Lipinski definition) is 1. The number of rotatable bonds is 1. The SMILES string of the molecule is Cc1cccc([C@]23CCN(C)[C@H](C(C)C(C)C2)[C@@H]3C)c1. The lowest BCUT2D eigenvalue weighted by Gasteiger charge is -2.59. The molecule has 1 heterocycles. The molecule has 5 atom stereocenters. The largest absolute Gasteiger partial charge is 0.303 e. The summed E-state index contributed by atoms with van der Waals surface area (Å²) in [5.74, 6) is 2.39. The van der Waals surface area contributed by atoms with E-state index in [-0.39, 0.29) is 0 Å². The molecule has 2 aliphatic rings. The second kappa shape index (κ2) is 4.87. The van der Waals surface area contributed by atoms with Crippen LogP contribution in [0, 0.1) is 24.7 Å². The first-order valence-electron chi connectivity index (χ1n) is 8.23. The summed E-state index contributed by atoms with van der Waals surface area (Å²) in [4.78, 5) is 2.62. The fourth-order valence-electron chi connectivity index (χ4n) is 5.18. The molecular weight excluding hydrogens is 242 g/mol. The molecular formula is C19H29N. The second-order valence-corrected chi connectivity index (χ2v) is 7.58. The lowest BCUT2D eigenvalue weighted by atomic mass is 9.52. The van der Waals surface area contributed by atoms with Crippen molar-refractivity contribution in [2.75, 3.05) is 13.6 Å². The van der Waals surface area contributed by atoms with E-state index in [1.807, 2.05) is 0 Å². The molecule has 1 aliphatic carbocycles. The van der Waals surface area contributed by atoms with Gasteiger partial charge in [0, 0.05) is 11.5 Å². The van der Waals surface area contributed by atoms with Crippen LogP contribution in [0.5, 0.6) is 0 Å². The van der Waals surface area contributed by atoms with Crippen molar-refractivity contribution in [1.82, 2.24) is 4.90 Å². The zero-order valence-corrected chi connectivity index (χ0v) is 13.7. The first-order chi connectivity index (χ1) is 9.45. The average Bonchev–Trinajstić information content (AvgIpc) is 2.41. The Hall–Kier alpha value is -0.820. The predicted molar refractivity (Wildman–Crippen MR) is 86.0 cm³/mol. The Morgan fingerprint density at radius 1 is 1.20 bits per heavy atom. The van der Waals surface area contributed by atoms with Gasteiger partial charge in [-0.15, -0.1) is 0 Å². The van der Waals surface area contributed by atoms with Crippen LogP contribution >= 0.6 is 0 Å². The first-order valence-corrected chi connectivity index (χ1v) is 8.23. The summed E-state index contributed by atoms with van der Waals surface area (Å²) in [6, 6.07) is 10.1. The number of fused-ring (bicyclic) bond motifs is 2. The molecule has 0 aromatic heterocycles. The number of piperidine rings is 1. The third-order valence-corrected chi connectivity index (χ3v) is 6.52. The van der Waals surface area contributed by atoms with Crippen LogP contribution < -0.4 is 0 Å². The molecule has 1 saturated carbocycles. The van der Waals surface area contributed by atoms with Crippen molar-refractivity contribution in [1.29, 1.82) is 0 Å². The fourth-order valence-corrected chi connectivity index (χ4v) is 5.18. The predicted octanol–water partition coefficient (Wildman–Crippen LogP) is 4.25.